The highest BCUT2D eigenvalue weighted by atomic mass is 19.4. The summed E-state index contributed by atoms with van der Waals surface area (Å²) in [6.45, 7) is 3.60. The highest BCUT2D eigenvalue weighted by Crippen LogP contribution is 2.38. The first-order chi connectivity index (χ1) is 19.8. The molecule has 0 aliphatic rings. The number of rotatable bonds is 9. The number of nitro groups is 3. The van der Waals surface area contributed by atoms with Gasteiger partial charge in [-0.2, -0.15) is 18.3 Å². The van der Waals surface area contributed by atoms with E-state index in [4.69, 9.17) is 4.74 Å². The SMILES string of the molecule is Cc1cc(/C=N\Nc2ccc([N+](=O)[O-])cc2[N+](=O)[O-])c(C)n1-c1ccc(Oc2ccc(C(F)(F)F)cc2[N+](=O)[O-])cc1. The molecule has 0 aliphatic heterocycles. The quantitative estimate of drug-likeness (QED) is 0.124. The van der Waals surface area contributed by atoms with Gasteiger partial charge in [0.2, 0.25) is 5.75 Å². The standard InChI is InChI=1S/C26H19F3N6O7/c1-15-11-17(14-30-31-22-9-6-20(33(36)37)13-23(22)34(38)39)16(2)32(15)19-4-7-21(8-5-19)42-25-10-3-18(26(27,28)29)12-24(25)35(40)41/h3-14,31H,1-2H3/b30-14-. The molecule has 1 heterocycles. The van der Waals surface area contributed by atoms with Gasteiger partial charge in [0.15, 0.2) is 0 Å². The number of non-ortho nitro benzene ring substituents is 1. The molecule has 0 radical (unpaired) electrons. The van der Waals surface area contributed by atoms with E-state index in [1.807, 2.05) is 11.5 Å². The lowest BCUT2D eigenvalue weighted by molar-refractivity contribution is -0.393. The summed E-state index contributed by atoms with van der Waals surface area (Å²) in [5.41, 5.74) is 2.34. The molecule has 0 saturated heterocycles. The Balaban J connectivity index is 1.54. The van der Waals surface area contributed by atoms with E-state index in [0.29, 0.717) is 23.4 Å². The third kappa shape index (κ3) is 6.16. The van der Waals surface area contributed by atoms with E-state index >= 15 is 0 Å². The Morgan fingerprint density at radius 2 is 1.52 bits per heavy atom. The summed E-state index contributed by atoms with van der Waals surface area (Å²) in [6, 6.07) is 13.2. The molecule has 0 spiro atoms. The summed E-state index contributed by atoms with van der Waals surface area (Å²) in [5.74, 6) is -0.201. The van der Waals surface area contributed by atoms with E-state index in [-0.39, 0.29) is 17.2 Å². The first-order valence-electron chi connectivity index (χ1n) is 11.8. The van der Waals surface area contributed by atoms with Crippen LogP contribution in [-0.4, -0.2) is 25.6 Å². The predicted octanol–water partition coefficient (Wildman–Crippen LogP) is 7.08. The van der Waals surface area contributed by atoms with Gasteiger partial charge in [-0.15, -0.1) is 0 Å². The van der Waals surface area contributed by atoms with Crippen LogP contribution in [0.2, 0.25) is 0 Å². The number of benzene rings is 3. The number of nitrogens with one attached hydrogen (secondary N) is 1. The Hall–Kier alpha value is -5.80. The molecule has 4 aromatic rings. The van der Waals surface area contributed by atoms with E-state index < -0.39 is 43.6 Å². The van der Waals surface area contributed by atoms with E-state index in [1.165, 1.54) is 24.4 Å². The van der Waals surface area contributed by atoms with Crippen LogP contribution in [0.15, 0.2) is 71.8 Å². The number of ether oxygens (including phenoxy) is 1. The van der Waals surface area contributed by atoms with Gasteiger partial charge in [-0.1, -0.05) is 0 Å². The van der Waals surface area contributed by atoms with Crippen molar-refractivity contribution in [3.8, 4) is 17.2 Å². The largest absolute Gasteiger partial charge is 0.450 e. The molecule has 0 fully saturated rings. The Labute approximate surface area is 233 Å². The fraction of sp³-hybridized carbons (Fsp3) is 0.115. The molecule has 0 saturated carbocycles. The second-order valence-electron chi connectivity index (χ2n) is 8.78. The summed E-state index contributed by atoms with van der Waals surface area (Å²) < 4.78 is 46.3. The molecular formula is C26H19F3N6O7. The average molecular weight is 584 g/mol. The van der Waals surface area contributed by atoms with Crippen molar-refractivity contribution in [3.05, 3.63) is 120 Å². The molecule has 0 atom stereocenters. The van der Waals surface area contributed by atoms with E-state index in [9.17, 15) is 43.5 Å². The Morgan fingerprint density at radius 3 is 2.12 bits per heavy atom. The molecule has 1 aromatic heterocycles. The Kier molecular flexibility index (Phi) is 7.90. The van der Waals surface area contributed by atoms with Crippen LogP contribution in [0.25, 0.3) is 5.69 Å². The zero-order chi connectivity index (χ0) is 30.8. The molecule has 13 nitrogen and oxygen atoms in total. The second-order valence-corrected chi connectivity index (χ2v) is 8.78. The molecule has 0 aliphatic carbocycles. The number of nitro benzene ring substituents is 3. The summed E-state index contributed by atoms with van der Waals surface area (Å²) >= 11 is 0. The summed E-state index contributed by atoms with van der Waals surface area (Å²) in [5, 5.41) is 37.6. The minimum absolute atomic E-state index is 0.0421. The van der Waals surface area contributed by atoms with Crippen LogP contribution in [0, 0.1) is 44.2 Å². The highest BCUT2D eigenvalue weighted by Gasteiger charge is 2.33. The number of hydrogen-bond acceptors (Lipinski definition) is 9. The smallest absolute Gasteiger partial charge is 0.416 e. The van der Waals surface area contributed by atoms with Gasteiger partial charge in [-0.25, -0.2) is 0 Å². The Morgan fingerprint density at radius 1 is 0.857 bits per heavy atom. The van der Waals surface area contributed by atoms with Crippen LogP contribution in [0.1, 0.15) is 22.5 Å². The van der Waals surface area contributed by atoms with Crippen molar-refractivity contribution >= 4 is 29.0 Å². The fourth-order valence-electron chi connectivity index (χ4n) is 4.08. The molecule has 216 valence electrons. The maximum absolute atomic E-state index is 13.0. The first-order valence-corrected chi connectivity index (χ1v) is 11.8. The summed E-state index contributed by atoms with van der Waals surface area (Å²) in [6.07, 6.45) is -3.33. The van der Waals surface area contributed by atoms with Crippen molar-refractivity contribution in [1.82, 2.24) is 4.57 Å². The monoisotopic (exact) mass is 584 g/mol. The molecule has 0 unspecified atom stereocenters. The molecule has 42 heavy (non-hydrogen) atoms. The fourth-order valence-corrected chi connectivity index (χ4v) is 4.08. The number of aryl methyl sites for hydroxylation is 1. The zero-order valence-corrected chi connectivity index (χ0v) is 21.7. The number of nitrogens with zero attached hydrogens (tertiary/aromatic N) is 5. The molecule has 0 amide bonds. The molecular weight excluding hydrogens is 565 g/mol. The van der Waals surface area contributed by atoms with Crippen molar-refractivity contribution in [2.75, 3.05) is 5.43 Å². The number of hydrogen-bond donors (Lipinski definition) is 1. The van der Waals surface area contributed by atoms with Gasteiger partial charge in [0.05, 0.1) is 32.6 Å². The maximum atomic E-state index is 13.0. The van der Waals surface area contributed by atoms with Crippen molar-refractivity contribution in [3.63, 3.8) is 0 Å². The average Bonchev–Trinajstić information content (AvgIpc) is 3.21. The molecule has 4 rings (SSSR count). The van der Waals surface area contributed by atoms with Gasteiger partial charge in [-0.3, -0.25) is 35.8 Å². The maximum Gasteiger partial charge on any atom is 0.416 e. The summed E-state index contributed by atoms with van der Waals surface area (Å²) in [4.78, 5) is 31.1. The number of hydrazone groups is 1. The van der Waals surface area contributed by atoms with Crippen LogP contribution in [0.4, 0.5) is 35.9 Å². The molecule has 3 aromatic carbocycles. The highest BCUT2D eigenvalue weighted by molar-refractivity contribution is 5.83. The lowest BCUT2D eigenvalue weighted by atomic mass is 10.2. The van der Waals surface area contributed by atoms with Crippen LogP contribution in [-0.2, 0) is 6.18 Å². The van der Waals surface area contributed by atoms with Crippen molar-refractivity contribution in [2.24, 2.45) is 5.10 Å². The third-order valence-corrected chi connectivity index (χ3v) is 6.05. The molecule has 0 bridgehead atoms. The van der Waals surface area contributed by atoms with Crippen molar-refractivity contribution in [2.45, 2.75) is 20.0 Å². The molecule has 16 heteroatoms. The minimum Gasteiger partial charge on any atom is -0.450 e. The van der Waals surface area contributed by atoms with Crippen molar-refractivity contribution in [1.29, 1.82) is 0 Å². The first kappa shape index (κ1) is 29.2. The van der Waals surface area contributed by atoms with Crippen molar-refractivity contribution < 1.29 is 32.7 Å². The number of aromatic nitrogens is 1. The lowest BCUT2D eigenvalue weighted by Gasteiger charge is -2.12. The minimum atomic E-state index is -4.75. The second kappa shape index (κ2) is 11.4. The topological polar surface area (TPSA) is 168 Å². The zero-order valence-electron chi connectivity index (χ0n) is 21.7. The number of alkyl halides is 3. The van der Waals surface area contributed by atoms with Crippen LogP contribution in [0.5, 0.6) is 11.5 Å². The van der Waals surface area contributed by atoms with Gasteiger partial charge in [0.25, 0.3) is 5.69 Å². The van der Waals surface area contributed by atoms with Gasteiger partial charge < -0.3 is 9.30 Å². The normalized spacial score (nSPS) is 11.5. The third-order valence-electron chi connectivity index (χ3n) is 6.05. The Bertz CT molecular complexity index is 1730. The van der Waals surface area contributed by atoms with E-state index in [2.05, 4.69) is 10.5 Å². The summed E-state index contributed by atoms with van der Waals surface area (Å²) in [7, 11) is 0. The number of anilines is 1. The van der Waals surface area contributed by atoms with Crippen LogP contribution < -0.4 is 10.2 Å². The lowest BCUT2D eigenvalue weighted by Crippen LogP contribution is -2.06. The number of halogens is 3. The van der Waals surface area contributed by atoms with E-state index in [1.54, 1.807) is 25.1 Å². The molecule has 1 N–H and O–H groups in total. The van der Waals surface area contributed by atoms with E-state index in [0.717, 1.165) is 29.6 Å². The predicted molar refractivity (Wildman–Crippen MR) is 144 cm³/mol. The van der Waals surface area contributed by atoms with Gasteiger partial charge >= 0.3 is 17.6 Å². The van der Waals surface area contributed by atoms with Crippen LogP contribution >= 0.6 is 0 Å². The van der Waals surface area contributed by atoms with Crippen LogP contribution in [0.3, 0.4) is 0 Å². The van der Waals surface area contributed by atoms with Gasteiger partial charge in [-0.05, 0) is 62.4 Å². The van der Waals surface area contributed by atoms with Gasteiger partial charge in [0.1, 0.15) is 11.4 Å². The van der Waals surface area contributed by atoms with Gasteiger partial charge in [0, 0.05) is 34.8 Å².